The summed E-state index contributed by atoms with van der Waals surface area (Å²) in [6.07, 6.45) is 1.63. The van der Waals surface area contributed by atoms with Crippen LogP contribution in [0, 0.1) is 13.8 Å². The summed E-state index contributed by atoms with van der Waals surface area (Å²) in [7, 11) is 0. The SMILES string of the molecule is Cc1ccc(C)c(NC(=O)c2ccc(Nc3ccc4c(c3)OCCO4)cn2)c1. The number of aromatic nitrogens is 1. The van der Waals surface area contributed by atoms with Crippen molar-refractivity contribution in [1.29, 1.82) is 0 Å². The van der Waals surface area contributed by atoms with Gasteiger partial charge in [-0.25, -0.2) is 4.98 Å². The highest BCUT2D eigenvalue weighted by Crippen LogP contribution is 2.33. The molecule has 1 aliphatic heterocycles. The molecule has 4 rings (SSSR count). The number of carbonyl (C=O) groups is 1. The standard InChI is InChI=1S/C22H21N3O3/c1-14-3-4-15(2)19(11-14)25-22(26)18-7-5-17(13-23-18)24-16-6-8-20-21(12-16)28-10-9-27-20/h3-8,11-13,24H,9-10H2,1-2H3,(H,25,26). The Kier molecular flexibility index (Phi) is 4.85. The number of nitrogens with zero attached hydrogens (tertiary/aromatic N) is 1. The number of carbonyl (C=O) groups excluding carboxylic acids is 1. The lowest BCUT2D eigenvalue weighted by Crippen LogP contribution is -2.15. The normalized spacial score (nSPS) is 12.4. The van der Waals surface area contributed by atoms with Crippen LogP contribution >= 0.6 is 0 Å². The molecule has 0 aliphatic carbocycles. The highest BCUT2D eigenvalue weighted by Gasteiger charge is 2.12. The highest BCUT2D eigenvalue weighted by molar-refractivity contribution is 6.03. The maximum absolute atomic E-state index is 12.5. The van der Waals surface area contributed by atoms with E-state index in [2.05, 4.69) is 15.6 Å². The third-order valence-electron chi connectivity index (χ3n) is 4.47. The van der Waals surface area contributed by atoms with Crippen LogP contribution in [0.15, 0.2) is 54.7 Å². The molecule has 0 unspecified atom stereocenters. The van der Waals surface area contributed by atoms with E-state index in [1.807, 2.05) is 56.3 Å². The van der Waals surface area contributed by atoms with Crippen LogP contribution in [-0.4, -0.2) is 24.1 Å². The summed E-state index contributed by atoms with van der Waals surface area (Å²) in [5.74, 6) is 1.22. The Morgan fingerprint density at radius 2 is 1.71 bits per heavy atom. The van der Waals surface area contributed by atoms with Crippen molar-refractivity contribution in [2.75, 3.05) is 23.8 Å². The zero-order valence-electron chi connectivity index (χ0n) is 15.8. The fraction of sp³-hybridized carbons (Fsp3) is 0.182. The van der Waals surface area contributed by atoms with Gasteiger partial charge in [-0.3, -0.25) is 4.79 Å². The molecule has 6 nitrogen and oxygen atoms in total. The van der Waals surface area contributed by atoms with E-state index in [0.29, 0.717) is 24.7 Å². The molecule has 0 fully saturated rings. The van der Waals surface area contributed by atoms with Crippen molar-refractivity contribution in [2.24, 2.45) is 0 Å². The number of hydrogen-bond donors (Lipinski definition) is 2. The fourth-order valence-electron chi connectivity index (χ4n) is 2.95. The summed E-state index contributed by atoms with van der Waals surface area (Å²) in [6.45, 7) is 5.06. The Morgan fingerprint density at radius 3 is 2.50 bits per heavy atom. The number of benzene rings is 2. The second-order valence-corrected chi connectivity index (χ2v) is 6.69. The first kappa shape index (κ1) is 17.9. The van der Waals surface area contributed by atoms with Crippen molar-refractivity contribution in [1.82, 2.24) is 4.98 Å². The van der Waals surface area contributed by atoms with E-state index in [9.17, 15) is 4.79 Å². The van der Waals surface area contributed by atoms with E-state index in [-0.39, 0.29) is 5.91 Å². The lowest BCUT2D eigenvalue weighted by Gasteiger charge is -2.19. The van der Waals surface area contributed by atoms with Gasteiger partial charge in [-0.1, -0.05) is 12.1 Å². The lowest BCUT2D eigenvalue weighted by atomic mass is 10.1. The summed E-state index contributed by atoms with van der Waals surface area (Å²) < 4.78 is 11.1. The molecule has 0 spiro atoms. The maximum atomic E-state index is 12.5. The summed E-state index contributed by atoms with van der Waals surface area (Å²) in [4.78, 5) is 16.8. The van der Waals surface area contributed by atoms with Crippen molar-refractivity contribution >= 4 is 23.0 Å². The molecule has 0 saturated carbocycles. The maximum Gasteiger partial charge on any atom is 0.274 e. The molecule has 2 aromatic carbocycles. The Labute approximate surface area is 163 Å². The molecule has 1 aromatic heterocycles. The molecule has 0 radical (unpaired) electrons. The minimum absolute atomic E-state index is 0.237. The van der Waals surface area contributed by atoms with Gasteiger partial charge in [-0.2, -0.15) is 0 Å². The number of aryl methyl sites for hydroxylation is 2. The third kappa shape index (κ3) is 3.91. The summed E-state index contributed by atoms with van der Waals surface area (Å²) in [5.41, 5.74) is 4.89. The minimum atomic E-state index is -0.237. The van der Waals surface area contributed by atoms with Crippen molar-refractivity contribution in [2.45, 2.75) is 13.8 Å². The van der Waals surface area contributed by atoms with Gasteiger partial charge in [0, 0.05) is 17.4 Å². The molecule has 2 heterocycles. The van der Waals surface area contributed by atoms with Crippen LogP contribution in [0.25, 0.3) is 0 Å². The number of nitrogens with one attached hydrogen (secondary N) is 2. The van der Waals surface area contributed by atoms with Crippen LogP contribution in [0.1, 0.15) is 21.6 Å². The number of rotatable bonds is 4. The first-order valence-corrected chi connectivity index (χ1v) is 9.10. The monoisotopic (exact) mass is 375 g/mol. The van der Waals surface area contributed by atoms with Gasteiger partial charge in [0.2, 0.25) is 0 Å². The van der Waals surface area contributed by atoms with Crippen LogP contribution < -0.4 is 20.1 Å². The van der Waals surface area contributed by atoms with E-state index in [0.717, 1.165) is 33.9 Å². The lowest BCUT2D eigenvalue weighted by molar-refractivity contribution is 0.102. The van der Waals surface area contributed by atoms with Gasteiger partial charge in [0.1, 0.15) is 18.9 Å². The molecular weight excluding hydrogens is 354 g/mol. The molecule has 0 saturated heterocycles. The molecule has 2 N–H and O–H groups in total. The summed E-state index contributed by atoms with van der Waals surface area (Å²) in [6, 6.07) is 15.1. The smallest absolute Gasteiger partial charge is 0.274 e. The van der Waals surface area contributed by atoms with Crippen molar-refractivity contribution in [3.05, 3.63) is 71.5 Å². The number of amides is 1. The van der Waals surface area contributed by atoms with Gasteiger partial charge < -0.3 is 20.1 Å². The van der Waals surface area contributed by atoms with Gasteiger partial charge in [-0.15, -0.1) is 0 Å². The molecule has 3 aromatic rings. The van der Waals surface area contributed by atoms with Gasteiger partial charge in [0.25, 0.3) is 5.91 Å². The molecule has 28 heavy (non-hydrogen) atoms. The number of hydrogen-bond acceptors (Lipinski definition) is 5. The molecule has 1 amide bonds. The average Bonchev–Trinajstić information content (AvgIpc) is 2.71. The van der Waals surface area contributed by atoms with Crippen LogP contribution in [0.2, 0.25) is 0 Å². The predicted molar refractivity (Wildman–Crippen MR) is 109 cm³/mol. The van der Waals surface area contributed by atoms with Crippen LogP contribution in [0.5, 0.6) is 11.5 Å². The highest BCUT2D eigenvalue weighted by atomic mass is 16.6. The molecule has 0 atom stereocenters. The first-order valence-electron chi connectivity index (χ1n) is 9.10. The minimum Gasteiger partial charge on any atom is -0.486 e. The average molecular weight is 375 g/mol. The van der Waals surface area contributed by atoms with E-state index in [1.165, 1.54) is 0 Å². The zero-order chi connectivity index (χ0) is 19.5. The van der Waals surface area contributed by atoms with Crippen LogP contribution in [0.4, 0.5) is 17.1 Å². The van der Waals surface area contributed by atoms with E-state index in [1.54, 1.807) is 12.3 Å². The quantitative estimate of drug-likeness (QED) is 0.704. The Morgan fingerprint density at radius 1 is 0.929 bits per heavy atom. The molecule has 1 aliphatic rings. The van der Waals surface area contributed by atoms with Gasteiger partial charge >= 0.3 is 0 Å². The van der Waals surface area contributed by atoms with Crippen molar-refractivity contribution in [3.8, 4) is 11.5 Å². The Bertz CT molecular complexity index is 1020. The number of ether oxygens (including phenoxy) is 2. The molecule has 6 heteroatoms. The van der Waals surface area contributed by atoms with Crippen LogP contribution in [-0.2, 0) is 0 Å². The number of anilines is 3. The Hall–Kier alpha value is -3.54. The van der Waals surface area contributed by atoms with Gasteiger partial charge in [0.05, 0.1) is 11.9 Å². The molecule has 142 valence electrons. The van der Waals surface area contributed by atoms with Gasteiger partial charge in [0.15, 0.2) is 11.5 Å². The van der Waals surface area contributed by atoms with Crippen molar-refractivity contribution in [3.63, 3.8) is 0 Å². The van der Waals surface area contributed by atoms with Crippen LogP contribution in [0.3, 0.4) is 0 Å². The molecule has 0 bridgehead atoms. The van der Waals surface area contributed by atoms with Gasteiger partial charge in [-0.05, 0) is 55.3 Å². The Balaban J connectivity index is 1.45. The second kappa shape index (κ2) is 7.60. The molecular formula is C22H21N3O3. The van der Waals surface area contributed by atoms with E-state index < -0.39 is 0 Å². The summed E-state index contributed by atoms with van der Waals surface area (Å²) in [5, 5.41) is 6.18. The predicted octanol–water partition coefficient (Wildman–Crippen LogP) is 4.47. The first-order chi connectivity index (χ1) is 13.6. The zero-order valence-corrected chi connectivity index (χ0v) is 15.8. The number of pyridine rings is 1. The fourth-order valence-corrected chi connectivity index (χ4v) is 2.95. The van der Waals surface area contributed by atoms with Crippen molar-refractivity contribution < 1.29 is 14.3 Å². The number of fused-ring (bicyclic) bond motifs is 1. The van der Waals surface area contributed by atoms with E-state index >= 15 is 0 Å². The summed E-state index contributed by atoms with van der Waals surface area (Å²) >= 11 is 0. The third-order valence-corrected chi connectivity index (χ3v) is 4.47. The second-order valence-electron chi connectivity index (χ2n) is 6.69. The largest absolute Gasteiger partial charge is 0.486 e. The van der Waals surface area contributed by atoms with E-state index in [4.69, 9.17) is 9.47 Å². The topological polar surface area (TPSA) is 72.5 Å².